The maximum atomic E-state index is 14.0. The lowest BCUT2D eigenvalue weighted by molar-refractivity contribution is -0.426. The van der Waals surface area contributed by atoms with E-state index >= 15 is 0 Å². The number of anilines is 1. The van der Waals surface area contributed by atoms with Crippen molar-refractivity contribution < 1.29 is 71.9 Å². The van der Waals surface area contributed by atoms with Crippen LogP contribution in [0.25, 0.3) is 0 Å². The number of phosphoric acid groups is 1. The molecular weight excluding hydrogens is 611 g/mol. The van der Waals surface area contributed by atoms with Crippen molar-refractivity contribution in [2.45, 2.75) is 61.4 Å². The standard InChI is InChI=1S/C18H28FN3O15P2S/c1-17(28)13(26)7(34-15(17)22-3-2-8(20)21-16(22)27)5-33-39(32,40)37-38(30,31)36-14-10-12(25)11(24)9(6(19)4-23)18(10,29)35-14/h2-3,6-7,9-15,23-26,28-29H,4-5H2,1H3,(H,30,31)(H,32,40)(H2,20,21,27)/t6-,7+,9?,10?,11?,12?,13+,14?,15+,17+,18?,39?/m0/s1. The van der Waals surface area contributed by atoms with Gasteiger partial charge in [-0.3, -0.25) is 13.6 Å². The van der Waals surface area contributed by atoms with E-state index in [-0.39, 0.29) is 5.82 Å². The Morgan fingerprint density at radius 2 is 1.95 bits per heavy atom. The molecule has 0 bridgehead atoms. The number of nitrogens with zero attached hydrogens (tertiary/aromatic N) is 2. The Morgan fingerprint density at radius 1 is 1.30 bits per heavy atom. The van der Waals surface area contributed by atoms with E-state index in [0.29, 0.717) is 0 Å². The van der Waals surface area contributed by atoms with Crippen LogP contribution in [0.5, 0.6) is 0 Å². The smallest absolute Gasteiger partial charge is 0.393 e. The summed E-state index contributed by atoms with van der Waals surface area (Å²) in [6, 6.07) is 1.23. The molecule has 13 atom stereocenters. The third kappa shape index (κ3) is 5.64. The first kappa shape index (κ1) is 31.9. The van der Waals surface area contributed by atoms with Crippen molar-refractivity contribution in [3.8, 4) is 0 Å². The van der Waals surface area contributed by atoms with Crippen LogP contribution < -0.4 is 11.4 Å². The zero-order valence-corrected chi connectivity index (χ0v) is 23.0. The molecule has 2 saturated heterocycles. The SMILES string of the molecule is C[C@@]1(O)[C@H](O)[C@@H](COP(=O)(S)OP(=O)(O)OC2OC3(O)C2C(O)C(O)C3[C@@H](F)CO)O[C@H]1n1ccc(N)nc1=O. The monoisotopic (exact) mass is 639 g/mol. The van der Waals surface area contributed by atoms with Crippen LogP contribution in [0.1, 0.15) is 13.2 Å². The molecule has 4 rings (SSSR count). The average Bonchev–Trinajstić information content (AvgIpc) is 3.13. The number of nitrogens with two attached hydrogens (primary N) is 1. The fourth-order valence-corrected chi connectivity index (χ4v) is 8.15. The highest BCUT2D eigenvalue weighted by Crippen LogP contribution is 2.68. The van der Waals surface area contributed by atoms with E-state index in [9.17, 15) is 48.7 Å². The van der Waals surface area contributed by atoms with Crippen LogP contribution in [-0.4, -0.2) is 107 Å². The van der Waals surface area contributed by atoms with Crippen LogP contribution in [0, 0.1) is 11.8 Å². The van der Waals surface area contributed by atoms with Gasteiger partial charge in [-0.1, -0.05) is 12.2 Å². The number of hydrogen-bond donors (Lipinski definition) is 9. The third-order valence-electron chi connectivity index (χ3n) is 6.91. The van der Waals surface area contributed by atoms with Gasteiger partial charge in [-0.15, -0.1) is 0 Å². The highest BCUT2D eigenvalue weighted by Gasteiger charge is 2.74. The van der Waals surface area contributed by atoms with E-state index in [2.05, 4.69) is 26.1 Å². The molecule has 3 fully saturated rings. The molecule has 18 nitrogen and oxygen atoms in total. The number of aliphatic hydroxyl groups is 6. The number of rotatable bonds is 10. The molecular formula is C18H28FN3O15P2S. The Hall–Kier alpha value is -1.06. The van der Waals surface area contributed by atoms with Crippen LogP contribution in [-0.2, 0) is 32.0 Å². The van der Waals surface area contributed by atoms with Crippen molar-refractivity contribution in [2.75, 3.05) is 18.9 Å². The predicted molar refractivity (Wildman–Crippen MR) is 129 cm³/mol. The van der Waals surface area contributed by atoms with E-state index in [0.717, 1.165) is 17.7 Å². The summed E-state index contributed by atoms with van der Waals surface area (Å²) in [5, 5.41) is 60.9. The minimum absolute atomic E-state index is 0.115. The van der Waals surface area contributed by atoms with Gasteiger partial charge in [0.2, 0.25) is 0 Å². The number of ether oxygens (including phenoxy) is 2. The number of fused-ring (bicyclic) bond motifs is 1. The number of nitrogen functional groups attached to an aromatic ring is 1. The number of halogens is 1. The van der Waals surface area contributed by atoms with Gasteiger partial charge < -0.3 is 50.7 Å². The predicted octanol–water partition coefficient (Wildman–Crippen LogP) is -2.63. The molecule has 22 heteroatoms. The fourth-order valence-electron chi connectivity index (χ4n) is 4.96. The second-order valence-electron chi connectivity index (χ2n) is 9.63. The zero-order chi connectivity index (χ0) is 30.0. The molecule has 9 N–H and O–H groups in total. The van der Waals surface area contributed by atoms with Gasteiger partial charge in [0, 0.05) is 6.20 Å². The first-order valence-corrected chi connectivity index (χ1v) is 15.7. The molecule has 0 spiro atoms. The Balaban J connectivity index is 1.38. The van der Waals surface area contributed by atoms with Gasteiger partial charge in [-0.2, -0.15) is 9.29 Å². The molecule has 1 saturated carbocycles. The average molecular weight is 639 g/mol. The van der Waals surface area contributed by atoms with E-state index < -0.39 is 99.9 Å². The van der Waals surface area contributed by atoms with E-state index in [1.165, 1.54) is 6.07 Å². The summed E-state index contributed by atoms with van der Waals surface area (Å²) < 4.78 is 64.4. The maximum Gasteiger partial charge on any atom is 0.482 e. The Bertz CT molecular complexity index is 1280. The van der Waals surface area contributed by atoms with Crippen molar-refractivity contribution in [3.63, 3.8) is 0 Å². The lowest BCUT2D eigenvalue weighted by atomic mass is 9.87. The zero-order valence-electron chi connectivity index (χ0n) is 20.4. The molecule has 8 unspecified atom stereocenters. The molecule has 40 heavy (non-hydrogen) atoms. The summed E-state index contributed by atoms with van der Waals surface area (Å²) >= 11 is 3.56. The second kappa shape index (κ2) is 10.9. The van der Waals surface area contributed by atoms with Crippen LogP contribution in [0.4, 0.5) is 10.2 Å². The van der Waals surface area contributed by atoms with E-state index in [4.69, 9.17) is 24.8 Å². The van der Waals surface area contributed by atoms with Crippen LogP contribution >= 0.6 is 26.9 Å². The number of alkyl halides is 1. The summed E-state index contributed by atoms with van der Waals surface area (Å²) in [6.45, 7) is -5.70. The summed E-state index contributed by atoms with van der Waals surface area (Å²) in [6.07, 6.45) is -11.6. The number of aromatic nitrogens is 2. The van der Waals surface area contributed by atoms with Gasteiger partial charge >= 0.3 is 20.3 Å². The molecule has 1 aliphatic carbocycles. The summed E-state index contributed by atoms with van der Waals surface area (Å²) in [5.41, 5.74) is 2.41. The second-order valence-corrected chi connectivity index (χ2v) is 14.1. The molecule has 2 aliphatic heterocycles. The number of phosphoric ester groups is 1. The van der Waals surface area contributed by atoms with Crippen LogP contribution in [0.2, 0.25) is 0 Å². The topological polar surface area (TPSA) is 283 Å². The number of aliphatic hydroxyl groups excluding tert-OH is 4. The Labute approximate surface area is 229 Å². The van der Waals surface area contributed by atoms with Crippen molar-refractivity contribution in [3.05, 3.63) is 22.7 Å². The lowest BCUT2D eigenvalue weighted by Crippen LogP contribution is -2.64. The van der Waals surface area contributed by atoms with Gasteiger partial charge in [-0.05, 0) is 13.0 Å². The maximum absolute atomic E-state index is 14.0. The molecule has 0 radical (unpaired) electrons. The highest BCUT2D eigenvalue weighted by atomic mass is 32.7. The van der Waals surface area contributed by atoms with Crippen molar-refractivity contribution in [1.29, 1.82) is 0 Å². The normalized spacial score (nSPS) is 43.0. The number of hydrogen-bond acceptors (Lipinski definition) is 16. The van der Waals surface area contributed by atoms with Gasteiger partial charge in [0.15, 0.2) is 18.3 Å². The molecule has 228 valence electrons. The molecule has 1 aromatic rings. The summed E-state index contributed by atoms with van der Waals surface area (Å²) in [4.78, 5) is 25.7. The molecule has 1 aromatic heterocycles. The lowest BCUT2D eigenvalue weighted by Gasteiger charge is -2.49. The summed E-state index contributed by atoms with van der Waals surface area (Å²) in [5.74, 6) is -6.18. The van der Waals surface area contributed by atoms with Crippen LogP contribution in [0.15, 0.2) is 17.1 Å². The van der Waals surface area contributed by atoms with Gasteiger partial charge in [0.25, 0.3) is 0 Å². The molecule has 0 amide bonds. The minimum atomic E-state index is -5.44. The fraction of sp³-hybridized carbons (Fsp3) is 0.778. The quantitative estimate of drug-likeness (QED) is 0.0934. The highest BCUT2D eigenvalue weighted by molar-refractivity contribution is 8.45. The largest absolute Gasteiger partial charge is 0.482 e. The van der Waals surface area contributed by atoms with E-state index in [1.807, 2.05) is 0 Å². The molecule has 3 heterocycles. The Kier molecular flexibility index (Phi) is 8.68. The third-order valence-corrected chi connectivity index (χ3v) is 10.5. The Morgan fingerprint density at radius 3 is 2.55 bits per heavy atom. The first-order valence-electron chi connectivity index (χ1n) is 11.5. The first-order chi connectivity index (χ1) is 18.3. The van der Waals surface area contributed by atoms with Crippen molar-refractivity contribution >= 4 is 32.7 Å². The van der Waals surface area contributed by atoms with Gasteiger partial charge in [0.1, 0.15) is 29.8 Å². The summed E-state index contributed by atoms with van der Waals surface area (Å²) in [7, 11) is -5.44. The number of thiol groups is 1. The van der Waals surface area contributed by atoms with Crippen LogP contribution in [0.3, 0.4) is 0 Å². The molecule has 3 aliphatic rings. The van der Waals surface area contributed by atoms with Crippen molar-refractivity contribution in [1.82, 2.24) is 9.55 Å². The molecule has 0 aromatic carbocycles. The van der Waals surface area contributed by atoms with E-state index in [1.54, 1.807) is 0 Å². The van der Waals surface area contributed by atoms with Gasteiger partial charge in [0.05, 0.1) is 37.3 Å². The minimum Gasteiger partial charge on any atom is -0.393 e. The van der Waals surface area contributed by atoms with Crippen molar-refractivity contribution in [2.24, 2.45) is 11.8 Å². The van der Waals surface area contributed by atoms with Gasteiger partial charge in [-0.25, -0.2) is 18.3 Å².